The van der Waals surface area contributed by atoms with Crippen LogP contribution >= 0.6 is 0 Å². The molecule has 0 unspecified atom stereocenters. The average Bonchev–Trinajstić information content (AvgIpc) is 1.99. The molecule has 0 amide bonds. The third-order valence-electron chi connectivity index (χ3n) is 1.57. The van der Waals surface area contributed by atoms with Crippen LogP contribution in [0.15, 0.2) is 24.3 Å². The van der Waals surface area contributed by atoms with Gasteiger partial charge in [0.1, 0.15) is 0 Å². The second-order valence-electron chi connectivity index (χ2n) is 3.22. The molecule has 1 rings (SSSR count). The van der Waals surface area contributed by atoms with Crippen LogP contribution < -0.4 is 5.32 Å². The summed E-state index contributed by atoms with van der Waals surface area (Å²) in [6.45, 7) is 1.01. The largest absolute Gasteiger partial charge is 0.416 e. The molecular weight excluding hydrogens is 211 g/mol. The number of alkyl halides is 3. The lowest BCUT2D eigenvalue weighted by Gasteiger charge is -2.19. The third-order valence-corrected chi connectivity index (χ3v) is 1.57. The van der Waals surface area contributed by atoms with E-state index >= 15 is 0 Å². The van der Waals surface area contributed by atoms with E-state index in [4.69, 9.17) is 10.2 Å². The lowest BCUT2D eigenvalue weighted by Crippen LogP contribution is -2.33. The normalized spacial score (nSPS) is 12.7. The van der Waals surface area contributed by atoms with Gasteiger partial charge in [0, 0.05) is 12.6 Å². The highest BCUT2D eigenvalue weighted by Gasteiger charge is 2.30. The molecule has 3 nitrogen and oxygen atoms in total. The monoisotopic (exact) mass is 221 g/mol. The van der Waals surface area contributed by atoms with E-state index in [-0.39, 0.29) is 5.69 Å². The summed E-state index contributed by atoms with van der Waals surface area (Å²) in [5, 5.41) is 20.0. The molecule has 0 spiro atoms. The molecule has 0 aliphatic rings. The van der Waals surface area contributed by atoms with Gasteiger partial charge < -0.3 is 15.5 Å². The van der Waals surface area contributed by atoms with Crippen LogP contribution in [0.4, 0.5) is 18.9 Å². The molecule has 1 aromatic carbocycles. The van der Waals surface area contributed by atoms with Gasteiger partial charge >= 0.3 is 6.18 Å². The summed E-state index contributed by atoms with van der Waals surface area (Å²) >= 11 is 0. The number of anilines is 1. The first-order valence-corrected chi connectivity index (χ1v) is 4.09. The average molecular weight is 221 g/mol. The maximum Gasteiger partial charge on any atom is 0.416 e. The molecule has 0 atom stereocenters. The molecule has 0 fully saturated rings. The van der Waals surface area contributed by atoms with Gasteiger partial charge in [-0.3, -0.25) is 0 Å². The first-order valence-electron chi connectivity index (χ1n) is 4.09. The molecule has 3 N–H and O–H groups in total. The van der Waals surface area contributed by atoms with Gasteiger partial charge in [-0.2, -0.15) is 13.2 Å². The predicted molar refractivity (Wildman–Crippen MR) is 47.9 cm³/mol. The van der Waals surface area contributed by atoms with Crippen LogP contribution in [0.2, 0.25) is 0 Å². The van der Waals surface area contributed by atoms with Gasteiger partial charge in [0.25, 0.3) is 0 Å². The highest BCUT2D eigenvalue weighted by molar-refractivity contribution is 5.47. The Bertz CT molecular complexity index is 344. The van der Waals surface area contributed by atoms with E-state index in [1.165, 1.54) is 12.1 Å². The van der Waals surface area contributed by atoms with Crippen molar-refractivity contribution in [1.82, 2.24) is 0 Å². The molecule has 0 saturated heterocycles. The molecule has 1 aromatic rings. The van der Waals surface area contributed by atoms with Crippen molar-refractivity contribution in [3.8, 4) is 0 Å². The Balaban J connectivity index is 2.94. The SMILES string of the molecule is CC(O)(O)Nc1cccc(C(F)(F)F)c1. The van der Waals surface area contributed by atoms with Crippen molar-refractivity contribution in [2.75, 3.05) is 5.32 Å². The molecule has 84 valence electrons. The van der Waals surface area contributed by atoms with Gasteiger partial charge in [-0.1, -0.05) is 6.07 Å². The van der Waals surface area contributed by atoms with Crippen LogP contribution in [-0.4, -0.2) is 16.1 Å². The lowest BCUT2D eigenvalue weighted by atomic mass is 10.2. The maximum atomic E-state index is 12.2. The summed E-state index contributed by atoms with van der Waals surface area (Å²) in [5.41, 5.74) is -0.867. The number of hydrogen-bond donors (Lipinski definition) is 3. The Morgan fingerprint density at radius 2 is 1.80 bits per heavy atom. The number of halogens is 3. The van der Waals surface area contributed by atoms with Crippen LogP contribution in [0.1, 0.15) is 12.5 Å². The van der Waals surface area contributed by atoms with E-state index < -0.39 is 17.7 Å². The van der Waals surface area contributed by atoms with Crippen LogP contribution in [0.25, 0.3) is 0 Å². The second-order valence-corrected chi connectivity index (χ2v) is 3.22. The van der Waals surface area contributed by atoms with Crippen molar-refractivity contribution in [3.63, 3.8) is 0 Å². The highest BCUT2D eigenvalue weighted by atomic mass is 19.4. The summed E-state index contributed by atoms with van der Waals surface area (Å²) in [4.78, 5) is 0. The van der Waals surface area contributed by atoms with Crippen LogP contribution in [0.5, 0.6) is 0 Å². The first kappa shape index (κ1) is 11.8. The minimum atomic E-state index is -4.45. The molecule has 15 heavy (non-hydrogen) atoms. The fraction of sp³-hybridized carbons (Fsp3) is 0.333. The topological polar surface area (TPSA) is 52.5 Å². The Morgan fingerprint density at radius 3 is 2.27 bits per heavy atom. The number of aliphatic hydroxyl groups is 2. The maximum absolute atomic E-state index is 12.2. The zero-order valence-electron chi connectivity index (χ0n) is 7.84. The van der Waals surface area contributed by atoms with Crippen molar-refractivity contribution in [3.05, 3.63) is 29.8 Å². The van der Waals surface area contributed by atoms with E-state index in [9.17, 15) is 13.2 Å². The van der Waals surface area contributed by atoms with Gasteiger partial charge in [-0.05, 0) is 18.2 Å². The number of hydrogen-bond acceptors (Lipinski definition) is 3. The summed E-state index contributed by atoms with van der Waals surface area (Å²) in [6, 6.07) is 4.18. The molecule has 0 radical (unpaired) electrons. The van der Waals surface area contributed by atoms with Crippen molar-refractivity contribution in [2.24, 2.45) is 0 Å². The smallest absolute Gasteiger partial charge is 0.349 e. The van der Waals surface area contributed by atoms with Crippen LogP contribution in [0.3, 0.4) is 0 Å². The Labute approximate surface area is 84.2 Å². The molecular formula is C9H10F3NO2. The predicted octanol–water partition coefficient (Wildman–Crippen LogP) is 1.78. The zero-order chi connectivity index (χ0) is 11.7. The third kappa shape index (κ3) is 3.77. The Kier molecular flexibility index (Phi) is 2.92. The zero-order valence-corrected chi connectivity index (χ0v) is 7.84. The fourth-order valence-corrected chi connectivity index (χ4v) is 1.05. The van der Waals surface area contributed by atoms with Crippen LogP contribution in [-0.2, 0) is 6.18 Å². The van der Waals surface area contributed by atoms with Crippen molar-refractivity contribution < 1.29 is 23.4 Å². The van der Waals surface area contributed by atoms with E-state index in [0.29, 0.717) is 0 Å². The van der Waals surface area contributed by atoms with Crippen molar-refractivity contribution >= 4 is 5.69 Å². The quantitative estimate of drug-likeness (QED) is 0.667. The number of nitrogens with one attached hydrogen (secondary N) is 1. The molecule has 0 saturated carbocycles. The van der Waals surface area contributed by atoms with Gasteiger partial charge in [0.2, 0.25) is 5.91 Å². The number of benzene rings is 1. The Morgan fingerprint density at radius 1 is 1.20 bits per heavy atom. The molecule has 0 aliphatic carbocycles. The lowest BCUT2D eigenvalue weighted by molar-refractivity contribution is -0.137. The Hall–Kier alpha value is -1.27. The number of rotatable bonds is 2. The first-order chi connectivity index (χ1) is 6.68. The van der Waals surface area contributed by atoms with E-state index in [0.717, 1.165) is 19.1 Å². The highest BCUT2D eigenvalue weighted by Crippen LogP contribution is 2.30. The molecule has 0 bridgehead atoms. The molecule has 0 heterocycles. The molecule has 6 heteroatoms. The van der Waals surface area contributed by atoms with E-state index in [1.807, 2.05) is 0 Å². The second kappa shape index (κ2) is 3.71. The van der Waals surface area contributed by atoms with Crippen molar-refractivity contribution in [1.29, 1.82) is 0 Å². The van der Waals surface area contributed by atoms with E-state index in [1.54, 1.807) is 0 Å². The minimum Gasteiger partial charge on any atom is -0.349 e. The molecule has 0 aromatic heterocycles. The molecule has 0 aliphatic heterocycles. The minimum absolute atomic E-state index is 0.0164. The summed E-state index contributed by atoms with van der Waals surface area (Å²) < 4.78 is 36.7. The summed E-state index contributed by atoms with van der Waals surface area (Å²) in [6.07, 6.45) is -4.45. The standard InChI is InChI=1S/C9H10F3NO2/c1-8(14,15)13-7-4-2-3-6(5-7)9(10,11)12/h2-5,13-15H,1H3. The van der Waals surface area contributed by atoms with Gasteiger partial charge in [0.15, 0.2) is 0 Å². The van der Waals surface area contributed by atoms with E-state index in [2.05, 4.69) is 5.32 Å². The fourth-order valence-electron chi connectivity index (χ4n) is 1.05. The van der Waals surface area contributed by atoms with Gasteiger partial charge in [0.05, 0.1) is 5.56 Å². The summed E-state index contributed by atoms with van der Waals surface area (Å²) in [7, 11) is 0. The van der Waals surface area contributed by atoms with Gasteiger partial charge in [-0.25, -0.2) is 0 Å². The van der Waals surface area contributed by atoms with Gasteiger partial charge in [-0.15, -0.1) is 0 Å². The van der Waals surface area contributed by atoms with Crippen molar-refractivity contribution in [2.45, 2.75) is 19.0 Å². The summed E-state index contributed by atoms with van der Waals surface area (Å²) in [5.74, 6) is -2.25. The van der Waals surface area contributed by atoms with Crippen LogP contribution in [0, 0.1) is 0 Å².